The molecule has 0 saturated carbocycles. The number of amides is 2. The molecule has 0 bridgehead atoms. The standard InChI is InChI=1S/C21H29N5O2/c1-24(2)19-11-7-10-18(22-19)23-20(27)25(3)15-21(28)12-13-26(16-21)14-17-8-5-4-6-9-17/h4-11,28H,12-16H2,1-3H3,(H,22,23,27). The predicted octanol–water partition coefficient (Wildman–Crippen LogP) is 2.25. The third kappa shape index (κ3) is 5.21. The SMILES string of the molecule is CN(CC1(O)CCN(Cc2ccccc2)C1)C(=O)Nc1cccc(N(C)C)n1. The summed E-state index contributed by atoms with van der Waals surface area (Å²) in [5.41, 5.74) is 0.324. The highest BCUT2D eigenvalue weighted by Gasteiger charge is 2.37. The summed E-state index contributed by atoms with van der Waals surface area (Å²) in [7, 11) is 5.50. The number of hydrogen-bond donors (Lipinski definition) is 2. The van der Waals surface area contributed by atoms with Crippen molar-refractivity contribution in [1.82, 2.24) is 14.8 Å². The minimum Gasteiger partial charge on any atom is -0.387 e. The van der Waals surface area contributed by atoms with Gasteiger partial charge in [0.15, 0.2) is 0 Å². The van der Waals surface area contributed by atoms with Gasteiger partial charge >= 0.3 is 6.03 Å². The lowest BCUT2D eigenvalue weighted by atomic mass is 10.0. The summed E-state index contributed by atoms with van der Waals surface area (Å²) in [6, 6.07) is 15.4. The molecule has 7 nitrogen and oxygen atoms in total. The van der Waals surface area contributed by atoms with Crippen molar-refractivity contribution in [3.63, 3.8) is 0 Å². The summed E-state index contributed by atoms with van der Waals surface area (Å²) in [5, 5.41) is 13.8. The number of rotatable bonds is 6. The smallest absolute Gasteiger partial charge is 0.322 e. The van der Waals surface area contributed by atoms with Gasteiger partial charge in [0.05, 0.1) is 12.1 Å². The van der Waals surface area contributed by atoms with Gasteiger partial charge in [-0.15, -0.1) is 0 Å². The molecule has 2 N–H and O–H groups in total. The molecule has 1 aliphatic heterocycles. The number of nitrogens with zero attached hydrogens (tertiary/aromatic N) is 4. The molecule has 28 heavy (non-hydrogen) atoms. The van der Waals surface area contributed by atoms with Crippen LogP contribution in [-0.2, 0) is 6.54 Å². The Balaban J connectivity index is 1.54. The van der Waals surface area contributed by atoms with Gasteiger partial charge in [0, 0.05) is 40.8 Å². The second-order valence-corrected chi connectivity index (χ2v) is 7.73. The number of aliphatic hydroxyl groups is 1. The third-order valence-electron chi connectivity index (χ3n) is 4.97. The number of likely N-dealkylation sites (N-methyl/N-ethyl adjacent to an activating group) is 1. The Bertz CT molecular complexity index is 798. The first-order valence-electron chi connectivity index (χ1n) is 9.50. The van der Waals surface area contributed by atoms with E-state index in [4.69, 9.17) is 0 Å². The molecule has 1 aromatic carbocycles. The maximum Gasteiger partial charge on any atom is 0.322 e. The highest BCUT2D eigenvalue weighted by atomic mass is 16.3. The highest BCUT2D eigenvalue weighted by molar-refractivity contribution is 5.88. The van der Waals surface area contributed by atoms with Gasteiger partial charge in [-0.2, -0.15) is 0 Å². The lowest BCUT2D eigenvalue weighted by Crippen LogP contribution is -2.47. The summed E-state index contributed by atoms with van der Waals surface area (Å²) in [5.74, 6) is 1.26. The molecule has 150 valence electrons. The van der Waals surface area contributed by atoms with Gasteiger partial charge in [-0.25, -0.2) is 9.78 Å². The number of nitrogens with one attached hydrogen (secondary N) is 1. The van der Waals surface area contributed by atoms with Gasteiger partial charge in [-0.3, -0.25) is 10.2 Å². The molecule has 7 heteroatoms. The molecule has 2 amide bonds. The lowest BCUT2D eigenvalue weighted by Gasteiger charge is -2.29. The van der Waals surface area contributed by atoms with Crippen molar-refractivity contribution in [3.05, 3.63) is 54.1 Å². The Morgan fingerprint density at radius 2 is 1.93 bits per heavy atom. The number of carbonyl (C=O) groups is 1. The Kier molecular flexibility index (Phi) is 6.16. The van der Waals surface area contributed by atoms with Crippen LogP contribution in [-0.4, -0.2) is 72.3 Å². The molecule has 0 radical (unpaired) electrons. The molecule has 3 rings (SSSR count). The summed E-state index contributed by atoms with van der Waals surface area (Å²) in [6.07, 6.45) is 0.645. The number of β-amino-alcohol motifs (C(OH)–C–C–N with tert-alkyl or cyclic N) is 1. The largest absolute Gasteiger partial charge is 0.387 e. The fraction of sp³-hybridized carbons (Fsp3) is 0.429. The van der Waals surface area contributed by atoms with E-state index in [1.165, 1.54) is 10.5 Å². The summed E-state index contributed by atoms with van der Waals surface area (Å²) >= 11 is 0. The zero-order chi connectivity index (χ0) is 20.1. The molecule has 2 heterocycles. The number of anilines is 2. The minimum absolute atomic E-state index is 0.275. The van der Waals surface area contributed by atoms with Gasteiger partial charge in [-0.1, -0.05) is 36.4 Å². The van der Waals surface area contributed by atoms with Crippen LogP contribution in [0.15, 0.2) is 48.5 Å². The van der Waals surface area contributed by atoms with Crippen LogP contribution >= 0.6 is 0 Å². The topological polar surface area (TPSA) is 71.9 Å². The van der Waals surface area contributed by atoms with Crippen LogP contribution in [0.3, 0.4) is 0 Å². The average Bonchev–Trinajstić information content (AvgIpc) is 3.03. The van der Waals surface area contributed by atoms with Crippen molar-refractivity contribution in [2.24, 2.45) is 0 Å². The maximum atomic E-state index is 12.5. The molecular weight excluding hydrogens is 354 g/mol. The number of benzene rings is 1. The number of urea groups is 1. The molecule has 0 spiro atoms. The number of hydrogen-bond acceptors (Lipinski definition) is 5. The van der Waals surface area contributed by atoms with Crippen LogP contribution in [0, 0.1) is 0 Å². The maximum absolute atomic E-state index is 12.5. The number of pyridine rings is 1. The van der Waals surface area contributed by atoms with E-state index >= 15 is 0 Å². The van der Waals surface area contributed by atoms with Crippen molar-refractivity contribution < 1.29 is 9.90 Å². The fourth-order valence-electron chi connectivity index (χ4n) is 3.51. The Morgan fingerprint density at radius 1 is 1.18 bits per heavy atom. The second kappa shape index (κ2) is 8.58. The van der Waals surface area contributed by atoms with Crippen LogP contribution in [0.2, 0.25) is 0 Å². The summed E-state index contributed by atoms with van der Waals surface area (Å²) in [6.45, 7) is 2.44. The van der Waals surface area contributed by atoms with Crippen LogP contribution in [0.4, 0.5) is 16.4 Å². The van der Waals surface area contributed by atoms with Gasteiger partial charge in [-0.05, 0) is 24.1 Å². The molecule has 1 unspecified atom stereocenters. The van der Waals surface area contributed by atoms with E-state index in [2.05, 4.69) is 27.3 Å². The van der Waals surface area contributed by atoms with E-state index in [0.29, 0.717) is 18.8 Å². The number of aromatic nitrogens is 1. The molecule has 1 atom stereocenters. The predicted molar refractivity (Wildman–Crippen MR) is 111 cm³/mol. The lowest BCUT2D eigenvalue weighted by molar-refractivity contribution is 0.0275. The van der Waals surface area contributed by atoms with E-state index in [1.807, 2.05) is 49.3 Å². The first-order chi connectivity index (χ1) is 13.3. The van der Waals surface area contributed by atoms with Gasteiger partial charge in [0.25, 0.3) is 0 Å². The Hall–Kier alpha value is -2.64. The first-order valence-corrected chi connectivity index (χ1v) is 9.50. The van der Waals surface area contributed by atoms with Gasteiger partial charge in [0.2, 0.25) is 0 Å². The molecular formula is C21H29N5O2. The minimum atomic E-state index is -0.903. The van der Waals surface area contributed by atoms with Gasteiger partial charge in [0.1, 0.15) is 11.6 Å². The molecule has 2 aromatic rings. The summed E-state index contributed by atoms with van der Waals surface area (Å²) < 4.78 is 0. The zero-order valence-corrected chi connectivity index (χ0v) is 16.8. The average molecular weight is 383 g/mol. The monoisotopic (exact) mass is 383 g/mol. The third-order valence-corrected chi connectivity index (χ3v) is 4.97. The van der Waals surface area contributed by atoms with Crippen LogP contribution in [0.25, 0.3) is 0 Å². The van der Waals surface area contributed by atoms with Crippen molar-refractivity contribution in [2.45, 2.75) is 18.6 Å². The van der Waals surface area contributed by atoms with Crippen molar-refractivity contribution >= 4 is 17.7 Å². The quantitative estimate of drug-likeness (QED) is 0.801. The molecule has 1 saturated heterocycles. The van der Waals surface area contributed by atoms with E-state index in [0.717, 1.165) is 18.9 Å². The van der Waals surface area contributed by atoms with Crippen LogP contribution < -0.4 is 10.2 Å². The van der Waals surface area contributed by atoms with Gasteiger partial charge < -0.3 is 14.9 Å². The second-order valence-electron chi connectivity index (χ2n) is 7.73. The van der Waals surface area contributed by atoms with Crippen molar-refractivity contribution in [3.8, 4) is 0 Å². The molecule has 0 aliphatic carbocycles. The molecule has 1 aromatic heterocycles. The normalized spacial score (nSPS) is 19.4. The van der Waals surface area contributed by atoms with E-state index in [-0.39, 0.29) is 12.6 Å². The van der Waals surface area contributed by atoms with Crippen LogP contribution in [0.5, 0.6) is 0 Å². The molecule has 1 aliphatic rings. The Labute approximate surface area is 166 Å². The van der Waals surface area contributed by atoms with E-state index < -0.39 is 5.60 Å². The van der Waals surface area contributed by atoms with E-state index in [1.54, 1.807) is 13.1 Å². The number of likely N-dealkylation sites (tertiary alicyclic amines) is 1. The highest BCUT2D eigenvalue weighted by Crippen LogP contribution is 2.24. The first kappa shape index (κ1) is 20.1. The van der Waals surface area contributed by atoms with Crippen molar-refractivity contribution in [1.29, 1.82) is 0 Å². The number of carbonyl (C=O) groups excluding carboxylic acids is 1. The Morgan fingerprint density at radius 3 is 2.64 bits per heavy atom. The van der Waals surface area contributed by atoms with E-state index in [9.17, 15) is 9.90 Å². The van der Waals surface area contributed by atoms with Crippen LogP contribution in [0.1, 0.15) is 12.0 Å². The summed E-state index contributed by atoms with van der Waals surface area (Å²) in [4.78, 5) is 22.6. The fourth-order valence-corrected chi connectivity index (χ4v) is 3.51. The molecule has 1 fully saturated rings. The van der Waals surface area contributed by atoms with Crippen molar-refractivity contribution in [2.75, 3.05) is 51.0 Å². The zero-order valence-electron chi connectivity index (χ0n) is 16.8.